The monoisotopic (exact) mass is 414 g/mol. The fourth-order valence-corrected chi connectivity index (χ4v) is 3.89. The number of esters is 1. The van der Waals surface area contributed by atoms with Gasteiger partial charge in [0, 0.05) is 17.4 Å². The van der Waals surface area contributed by atoms with Gasteiger partial charge in [0.2, 0.25) is 18.3 Å². The van der Waals surface area contributed by atoms with Gasteiger partial charge in [0.25, 0.3) is 0 Å². The maximum absolute atomic E-state index is 12.1. The third-order valence-corrected chi connectivity index (χ3v) is 5.41. The van der Waals surface area contributed by atoms with E-state index in [9.17, 15) is 9.90 Å². The van der Waals surface area contributed by atoms with E-state index in [0.717, 1.165) is 11.1 Å². The number of carbonyl (C=O) groups excluding carboxylic acids is 1. The minimum atomic E-state index is -0.435. The lowest BCUT2D eigenvalue weighted by molar-refractivity contribution is -0.135. The second-order valence-corrected chi connectivity index (χ2v) is 6.94. The molecule has 8 heteroatoms. The highest BCUT2D eigenvalue weighted by Crippen LogP contribution is 2.49. The quantitative estimate of drug-likeness (QED) is 0.570. The van der Waals surface area contributed by atoms with Crippen LogP contribution in [0, 0.1) is 5.92 Å². The molecule has 0 spiro atoms. The summed E-state index contributed by atoms with van der Waals surface area (Å²) >= 11 is 0. The summed E-state index contributed by atoms with van der Waals surface area (Å²) in [6, 6.07) is 7.09. The lowest BCUT2D eigenvalue weighted by atomic mass is 9.78. The van der Waals surface area contributed by atoms with Gasteiger partial charge in [-0.25, -0.2) is 4.79 Å². The first-order valence-electron chi connectivity index (χ1n) is 9.26. The summed E-state index contributed by atoms with van der Waals surface area (Å²) in [5.41, 5.74) is 1.91. The number of phenolic OH excluding ortho intramolecular Hbond substituents is 1. The summed E-state index contributed by atoms with van der Waals surface area (Å²) in [4.78, 5) is 12.1. The molecular weight excluding hydrogens is 392 g/mol. The van der Waals surface area contributed by atoms with Gasteiger partial charge in [-0.05, 0) is 35.4 Å². The van der Waals surface area contributed by atoms with Gasteiger partial charge in [-0.1, -0.05) is 6.58 Å². The zero-order valence-electron chi connectivity index (χ0n) is 16.9. The van der Waals surface area contributed by atoms with Crippen LogP contribution < -0.4 is 23.7 Å². The molecule has 0 unspecified atom stereocenters. The Bertz CT molecular complexity index is 973. The molecule has 158 valence electrons. The molecule has 0 aromatic heterocycles. The molecule has 4 rings (SSSR count). The number of hydrogen-bond acceptors (Lipinski definition) is 8. The topological polar surface area (TPSA) is 92.7 Å². The SMILES string of the molecule is C=C1C(=O)OC[C@@H]1[C@@H](c1cc(OC)c(O)c(OC)c1)c1cc(OC)c2c(c1)OCO2. The van der Waals surface area contributed by atoms with Crippen LogP contribution in [0.4, 0.5) is 0 Å². The molecule has 30 heavy (non-hydrogen) atoms. The molecule has 1 N–H and O–H groups in total. The number of fused-ring (bicyclic) bond motifs is 1. The lowest BCUT2D eigenvalue weighted by Crippen LogP contribution is -2.17. The number of aromatic hydroxyl groups is 1. The Morgan fingerprint density at radius 2 is 1.57 bits per heavy atom. The van der Waals surface area contributed by atoms with Crippen molar-refractivity contribution in [2.45, 2.75) is 5.92 Å². The molecule has 0 aliphatic carbocycles. The van der Waals surface area contributed by atoms with Gasteiger partial charge < -0.3 is 33.5 Å². The number of cyclic esters (lactones) is 1. The van der Waals surface area contributed by atoms with Crippen LogP contribution in [0.25, 0.3) is 0 Å². The Hall–Kier alpha value is -3.55. The summed E-state index contributed by atoms with van der Waals surface area (Å²) in [7, 11) is 4.46. The van der Waals surface area contributed by atoms with Crippen LogP contribution in [0.1, 0.15) is 17.0 Å². The minimum Gasteiger partial charge on any atom is -0.502 e. The van der Waals surface area contributed by atoms with Crippen LogP contribution in [-0.4, -0.2) is 45.8 Å². The molecule has 8 nitrogen and oxygen atoms in total. The van der Waals surface area contributed by atoms with E-state index in [1.165, 1.54) is 14.2 Å². The Balaban J connectivity index is 1.91. The van der Waals surface area contributed by atoms with Crippen molar-refractivity contribution in [1.82, 2.24) is 0 Å². The maximum atomic E-state index is 12.1. The highest BCUT2D eigenvalue weighted by Gasteiger charge is 2.38. The predicted molar refractivity (Wildman–Crippen MR) is 106 cm³/mol. The van der Waals surface area contributed by atoms with Crippen LogP contribution in [0.5, 0.6) is 34.5 Å². The predicted octanol–water partition coefficient (Wildman–Crippen LogP) is 3.01. The van der Waals surface area contributed by atoms with Gasteiger partial charge in [0.15, 0.2) is 23.0 Å². The molecule has 0 saturated carbocycles. The fraction of sp³-hybridized carbons (Fsp3) is 0.318. The average molecular weight is 414 g/mol. The van der Waals surface area contributed by atoms with E-state index in [1.807, 2.05) is 12.1 Å². The molecule has 0 amide bonds. The van der Waals surface area contributed by atoms with Crippen molar-refractivity contribution < 1.29 is 38.3 Å². The molecular formula is C22H22O8. The maximum Gasteiger partial charge on any atom is 0.333 e. The molecule has 0 radical (unpaired) electrons. The van der Waals surface area contributed by atoms with E-state index in [-0.39, 0.29) is 42.5 Å². The second kappa shape index (κ2) is 7.70. The summed E-state index contributed by atoms with van der Waals surface area (Å²) in [5, 5.41) is 10.3. The molecule has 0 bridgehead atoms. The van der Waals surface area contributed by atoms with Crippen molar-refractivity contribution >= 4 is 5.97 Å². The fourth-order valence-electron chi connectivity index (χ4n) is 3.89. The van der Waals surface area contributed by atoms with Gasteiger partial charge in [-0.2, -0.15) is 0 Å². The first-order chi connectivity index (χ1) is 14.5. The largest absolute Gasteiger partial charge is 0.502 e. The molecule has 2 aromatic rings. The van der Waals surface area contributed by atoms with E-state index in [1.54, 1.807) is 19.2 Å². The van der Waals surface area contributed by atoms with Crippen molar-refractivity contribution in [3.63, 3.8) is 0 Å². The van der Waals surface area contributed by atoms with Crippen molar-refractivity contribution in [2.75, 3.05) is 34.7 Å². The van der Waals surface area contributed by atoms with Crippen molar-refractivity contribution in [3.8, 4) is 34.5 Å². The standard InChI is InChI=1S/C22H22O8/c1-11-14(9-28-22(11)24)19(12-5-15(25-2)20(23)16(6-12)26-3)13-7-17(27-4)21-18(8-13)29-10-30-21/h5-8,14,19,23H,1,9-10H2,2-4H3/t14-,19-/m0/s1. The van der Waals surface area contributed by atoms with Crippen LogP contribution in [0.15, 0.2) is 36.4 Å². The smallest absolute Gasteiger partial charge is 0.333 e. The minimum absolute atomic E-state index is 0.0956. The van der Waals surface area contributed by atoms with E-state index in [4.69, 9.17) is 28.4 Å². The van der Waals surface area contributed by atoms with E-state index in [0.29, 0.717) is 22.8 Å². The molecule has 1 fully saturated rings. The number of benzene rings is 2. The Labute approximate surface area is 173 Å². The van der Waals surface area contributed by atoms with Crippen LogP contribution in [0.2, 0.25) is 0 Å². The number of hydrogen-bond donors (Lipinski definition) is 1. The molecule has 2 aliphatic rings. The zero-order chi connectivity index (χ0) is 21.4. The molecule has 2 heterocycles. The molecule has 2 atom stereocenters. The normalized spacial score (nSPS) is 18.2. The highest BCUT2D eigenvalue weighted by molar-refractivity contribution is 5.90. The summed E-state index contributed by atoms with van der Waals surface area (Å²) in [6.45, 7) is 4.20. The molecule has 2 aliphatic heterocycles. The highest BCUT2D eigenvalue weighted by atomic mass is 16.7. The number of phenols is 1. The Morgan fingerprint density at radius 1 is 0.967 bits per heavy atom. The number of carbonyl (C=O) groups is 1. The number of methoxy groups -OCH3 is 3. The summed E-state index contributed by atoms with van der Waals surface area (Å²) in [6.07, 6.45) is 0. The third-order valence-electron chi connectivity index (χ3n) is 5.41. The number of rotatable bonds is 6. The van der Waals surface area contributed by atoms with E-state index in [2.05, 4.69) is 6.58 Å². The first kappa shape index (κ1) is 19.8. The van der Waals surface area contributed by atoms with Crippen LogP contribution in [0.3, 0.4) is 0 Å². The van der Waals surface area contributed by atoms with Gasteiger partial charge in [0.1, 0.15) is 0 Å². The average Bonchev–Trinajstić information content (AvgIpc) is 3.36. The third kappa shape index (κ3) is 3.14. The van der Waals surface area contributed by atoms with Crippen molar-refractivity contribution in [3.05, 3.63) is 47.5 Å². The van der Waals surface area contributed by atoms with Crippen LogP contribution >= 0.6 is 0 Å². The van der Waals surface area contributed by atoms with Crippen molar-refractivity contribution in [2.24, 2.45) is 5.92 Å². The van der Waals surface area contributed by atoms with Gasteiger partial charge >= 0.3 is 5.97 Å². The Kier molecular flexibility index (Phi) is 5.07. The number of ether oxygens (including phenoxy) is 6. The van der Waals surface area contributed by atoms with E-state index < -0.39 is 5.97 Å². The van der Waals surface area contributed by atoms with E-state index >= 15 is 0 Å². The second-order valence-electron chi connectivity index (χ2n) is 6.94. The summed E-state index contributed by atoms with van der Waals surface area (Å²) < 4.78 is 32.5. The van der Waals surface area contributed by atoms with Crippen molar-refractivity contribution in [1.29, 1.82) is 0 Å². The lowest BCUT2D eigenvalue weighted by Gasteiger charge is -2.25. The van der Waals surface area contributed by atoms with Gasteiger partial charge in [0.05, 0.1) is 27.9 Å². The van der Waals surface area contributed by atoms with Crippen LogP contribution in [-0.2, 0) is 9.53 Å². The summed E-state index contributed by atoms with van der Waals surface area (Å²) in [5.74, 6) is 0.812. The van der Waals surface area contributed by atoms with Gasteiger partial charge in [-0.15, -0.1) is 0 Å². The molecule has 2 aromatic carbocycles. The van der Waals surface area contributed by atoms with Gasteiger partial charge in [-0.3, -0.25) is 0 Å². The molecule has 1 saturated heterocycles. The zero-order valence-corrected chi connectivity index (χ0v) is 16.9. The first-order valence-corrected chi connectivity index (χ1v) is 9.26. The Morgan fingerprint density at radius 3 is 2.13 bits per heavy atom.